The molecule has 4 nitrogen and oxygen atoms in total. The summed E-state index contributed by atoms with van der Waals surface area (Å²) >= 11 is 5.73. The minimum absolute atomic E-state index is 0.117. The molecule has 0 aliphatic carbocycles. The molecule has 0 spiro atoms. The fourth-order valence-electron chi connectivity index (χ4n) is 0.908. The van der Waals surface area contributed by atoms with Crippen LogP contribution in [-0.2, 0) is 4.79 Å². The van der Waals surface area contributed by atoms with Gasteiger partial charge < -0.3 is 16.8 Å². The summed E-state index contributed by atoms with van der Waals surface area (Å²) in [6.07, 6.45) is 0. The molecule has 0 saturated carbocycles. The Bertz CT molecular complexity index is 330. The summed E-state index contributed by atoms with van der Waals surface area (Å²) in [5.74, 6) is -0.310. The Labute approximate surface area is 87.2 Å². The van der Waals surface area contributed by atoms with E-state index in [0.717, 1.165) is 0 Å². The fourth-order valence-corrected chi connectivity index (χ4v) is 1.10. The number of carbonyl (C=O) groups excluding carboxylic acids is 1. The van der Waals surface area contributed by atoms with E-state index in [-0.39, 0.29) is 12.5 Å². The molecule has 14 heavy (non-hydrogen) atoms. The van der Waals surface area contributed by atoms with Crippen LogP contribution in [0.25, 0.3) is 0 Å². The Hall–Kier alpha value is -1.10. The molecule has 0 unspecified atom stereocenters. The Morgan fingerprint density at radius 1 is 1.57 bits per heavy atom. The molecule has 0 aliphatic heterocycles. The summed E-state index contributed by atoms with van der Waals surface area (Å²) in [7, 11) is 0. The SMILES string of the molecule is NC[C@@H](N)C(=O)Nc1cccc(Cl)c1. The van der Waals surface area contributed by atoms with Gasteiger partial charge in [0.2, 0.25) is 5.91 Å². The van der Waals surface area contributed by atoms with E-state index in [0.29, 0.717) is 10.7 Å². The van der Waals surface area contributed by atoms with Gasteiger partial charge >= 0.3 is 0 Å². The van der Waals surface area contributed by atoms with Gasteiger partial charge in [-0.1, -0.05) is 17.7 Å². The van der Waals surface area contributed by atoms with Gasteiger partial charge in [-0.25, -0.2) is 0 Å². The van der Waals surface area contributed by atoms with Crippen molar-refractivity contribution < 1.29 is 4.79 Å². The van der Waals surface area contributed by atoms with Crippen molar-refractivity contribution in [3.8, 4) is 0 Å². The van der Waals surface area contributed by atoms with Crippen molar-refractivity contribution in [2.24, 2.45) is 11.5 Å². The number of hydrogen-bond donors (Lipinski definition) is 3. The molecule has 1 rings (SSSR count). The van der Waals surface area contributed by atoms with Gasteiger partial charge in [-0.15, -0.1) is 0 Å². The van der Waals surface area contributed by atoms with E-state index < -0.39 is 6.04 Å². The minimum Gasteiger partial charge on any atom is -0.328 e. The molecule has 0 fully saturated rings. The van der Waals surface area contributed by atoms with Crippen molar-refractivity contribution in [1.29, 1.82) is 0 Å². The minimum atomic E-state index is -0.686. The quantitative estimate of drug-likeness (QED) is 0.687. The van der Waals surface area contributed by atoms with Crippen molar-refractivity contribution in [2.75, 3.05) is 11.9 Å². The van der Waals surface area contributed by atoms with Gasteiger partial charge in [-0.3, -0.25) is 4.79 Å². The molecule has 0 aliphatic rings. The highest BCUT2D eigenvalue weighted by atomic mass is 35.5. The van der Waals surface area contributed by atoms with Gasteiger partial charge in [0.05, 0.1) is 6.04 Å². The van der Waals surface area contributed by atoms with Crippen LogP contribution in [0.2, 0.25) is 5.02 Å². The third kappa shape index (κ3) is 2.99. The van der Waals surface area contributed by atoms with E-state index in [2.05, 4.69) is 5.32 Å². The molecule has 0 radical (unpaired) electrons. The highest BCUT2D eigenvalue weighted by Gasteiger charge is 2.10. The second kappa shape index (κ2) is 4.95. The summed E-state index contributed by atoms with van der Waals surface area (Å²) in [6.45, 7) is 0.117. The number of nitrogens with two attached hydrogens (primary N) is 2. The van der Waals surface area contributed by atoms with E-state index in [9.17, 15) is 4.79 Å². The lowest BCUT2D eigenvalue weighted by atomic mass is 10.2. The Balaban J connectivity index is 2.65. The Morgan fingerprint density at radius 2 is 2.29 bits per heavy atom. The largest absolute Gasteiger partial charge is 0.328 e. The highest BCUT2D eigenvalue weighted by Crippen LogP contribution is 2.14. The first-order valence-corrected chi connectivity index (χ1v) is 4.53. The average molecular weight is 214 g/mol. The number of hydrogen-bond acceptors (Lipinski definition) is 3. The van der Waals surface area contributed by atoms with Crippen molar-refractivity contribution in [2.45, 2.75) is 6.04 Å². The lowest BCUT2D eigenvalue weighted by Crippen LogP contribution is -2.41. The molecule has 0 aromatic heterocycles. The molecule has 1 amide bonds. The summed E-state index contributed by atoms with van der Waals surface area (Å²) in [4.78, 5) is 11.3. The molecule has 1 atom stereocenters. The zero-order valence-electron chi connectivity index (χ0n) is 7.53. The van der Waals surface area contributed by atoms with Gasteiger partial charge in [0.15, 0.2) is 0 Å². The molecule has 0 heterocycles. The van der Waals surface area contributed by atoms with Crippen LogP contribution < -0.4 is 16.8 Å². The summed E-state index contributed by atoms with van der Waals surface area (Å²) in [6, 6.07) is 6.15. The lowest BCUT2D eigenvalue weighted by Gasteiger charge is -2.09. The summed E-state index contributed by atoms with van der Waals surface area (Å²) in [5.41, 5.74) is 11.3. The third-order valence-corrected chi connectivity index (χ3v) is 1.92. The van der Waals surface area contributed by atoms with Crippen molar-refractivity contribution in [1.82, 2.24) is 0 Å². The Kier molecular flexibility index (Phi) is 3.88. The van der Waals surface area contributed by atoms with Crippen LogP contribution >= 0.6 is 11.6 Å². The van der Waals surface area contributed by atoms with E-state index in [1.54, 1.807) is 24.3 Å². The molecule has 0 saturated heterocycles. The fraction of sp³-hybridized carbons (Fsp3) is 0.222. The van der Waals surface area contributed by atoms with Crippen molar-refractivity contribution in [3.05, 3.63) is 29.3 Å². The van der Waals surface area contributed by atoms with Crippen molar-refractivity contribution >= 4 is 23.2 Å². The van der Waals surface area contributed by atoms with Gasteiger partial charge in [0.1, 0.15) is 0 Å². The number of amides is 1. The maximum atomic E-state index is 11.3. The van der Waals surface area contributed by atoms with E-state index >= 15 is 0 Å². The standard InChI is InChI=1S/C9H12ClN3O/c10-6-2-1-3-7(4-6)13-9(14)8(12)5-11/h1-4,8H,5,11-12H2,(H,13,14)/t8-/m1/s1. The van der Waals surface area contributed by atoms with Gasteiger partial charge in [-0.05, 0) is 18.2 Å². The second-order valence-electron chi connectivity index (χ2n) is 2.84. The molecule has 0 bridgehead atoms. The normalized spacial score (nSPS) is 12.2. The number of anilines is 1. The van der Waals surface area contributed by atoms with Crippen LogP contribution in [0.3, 0.4) is 0 Å². The molecule has 1 aromatic carbocycles. The summed E-state index contributed by atoms with van der Waals surface area (Å²) < 4.78 is 0. The second-order valence-corrected chi connectivity index (χ2v) is 3.28. The van der Waals surface area contributed by atoms with Crippen LogP contribution in [0, 0.1) is 0 Å². The van der Waals surface area contributed by atoms with Crippen LogP contribution in [-0.4, -0.2) is 18.5 Å². The molecular weight excluding hydrogens is 202 g/mol. The molecule has 5 N–H and O–H groups in total. The van der Waals surface area contributed by atoms with E-state index in [4.69, 9.17) is 23.1 Å². The zero-order valence-corrected chi connectivity index (χ0v) is 8.29. The van der Waals surface area contributed by atoms with Gasteiger partial charge in [-0.2, -0.15) is 0 Å². The smallest absolute Gasteiger partial charge is 0.242 e. The molecule has 1 aromatic rings. The highest BCUT2D eigenvalue weighted by molar-refractivity contribution is 6.30. The molecular formula is C9H12ClN3O. The van der Waals surface area contributed by atoms with Gasteiger partial charge in [0, 0.05) is 17.3 Å². The van der Waals surface area contributed by atoms with Crippen molar-refractivity contribution in [3.63, 3.8) is 0 Å². The van der Waals surface area contributed by atoms with Crippen LogP contribution in [0.15, 0.2) is 24.3 Å². The van der Waals surface area contributed by atoms with Crippen LogP contribution in [0.5, 0.6) is 0 Å². The third-order valence-electron chi connectivity index (χ3n) is 1.68. The zero-order chi connectivity index (χ0) is 10.6. The molecule has 76 valence electrons. The topological polar surface area (TPSA) is 81.1 Å². The summed E-state index contributed by atoms with van der Waals surface area (Å²) in [5, 5.41) is 3.16. The maximum absolute atomic E-state index is 11.3. The number of benzene rings is 1. The lowest BCUT2D eigenvalue weighted by molar-refractivity contribution is -0.117. The number of nitrogens with one attached hydrogen (secondary N) is 1. The first-order chi connectivity index (χ1) is 6.63. The van der Waals surface area contributed by atoms with Crippen LogP contribution in [0.1, 0.15) is 0 Å². The first kappa shape index (κ1) is 11.0. The first-order valence-electron chi connectivity index (χ1n) is 4.15. The van der Waals surface area contributed by atoms with Crippen LogP contribution in [0.4, 0.5) is 5.69 Å². The predicted molar refractivity (Wildman–Crippen MR) is 57.1 cm³/mol. The number of rotatable bonds is 3. The maximum Gasteiger partial charge on any atom is 0.242 e. The predicted octanol–water partition coefficient (Wildman–Crippen LogP) is 0.565. The molecule has 5 heteroatoms. The monoisotopic (exact) mass is 213 g/mol. The van der Waals surface area contributed by atoms with Gasteiger partial charge in [0.25, 0.3) is 0 Å². The van der Waals surface area contributed by atoms with E-state index in [1.165, 1.54) is 0 Å². The van der Waals surface area contributed by atoms with E-state index in [1.807, 2.05) is 0 Å². The number of halogens is 1. The average Bonchev–Trinajstić information content (AvgIpc) is 2.16. The number of carbonyl (C=O) groups is 1. The Morgan fingerprint density at radius 3 is 2.86 bits per heavy atom.